The molecule has 3 aromatic carbocycles. The van der Waals surface area contributed by atoms with Gasteiger partial charge in [-0.1, -0.05) is 54.6 Å². The van der Waals surface area contributed by atoms with E-state index in [1.807, 2.05) is 61.5 Å². The van der Waals surface area contributed by atoms with Crippen LogP contribution in [0.25, 0.3) is 11.5 Å². The number of oxazole rings is 1. The van der Waals surface area contributed by atoms with Gasteiger partial charge in [-0.3, -0.25) is 0 Å². The highest BCUT2D eigenvalue weighted by Gasteiger charge is 2.28. The molecule has 1 atom stereocenters. The average Bonchev–Trinajstić information content (AvgIpc) is 3.31. The first-order valence-corrected chi connectivity index (χ1v) is 12.8. The van der Waals surface area contributed by atoms with Crippen molar-refractivity contribution >= 4 is 15.9 Å². The number of fused-ring (bicyclic) bond motifs is 1. The fourth-order valence-corrected chi connectivity index (χ4v) is 5.65. The molecule has 35 heavy (non-hydrogen) atoms. The molecule has 1 aromatic heterocycles. The van der Waals surface area contributed by atoms with Crippen LogP contribution in [-0.4, -0.2) is 24.3 Å². The van der Waals surface area contributed by atoms with Crippen LogP contribution in [0.3, 0.4) is 0 Å². The summed E-state index contributed by atoms with van der Waals surface area (Å²) in [6, 6.07) is 26.1. The Balaban J connectivity index is 1.36. The highest BCUT2D eigenvalue weighted by atomic mass is 32.2. The van der Waals surface area contributed by atoms with E-state index < -0.39 is 10.0 Å². The lowest BCUT2D eigenvalue weighted by Crippen LogP contribution is -2.35. The summed E-state index contributed by atoms with van der Waals surface area (Å²) >= 11 is 0. The van der Waals surface area contributed by atoms with Crippen molar-refractivity contribution in [3.8, 4) is 17.5 Å². The van der Waals surface area contributed by atoms with Crippen LogP contribution in [0.15, 0.2) is 88.2 Å². The second-order valence-electron chi connectivity index (χ2n) is 8.47. The number of nitriles is 1. The van der Waals surface area contributed by atoms with Crippen molar-refractivity contribution in [2.75, 3.05) is 11.9 Å². The molecule has 0 bridgehead atoms. The van der Waals surface area contributed by atoms with Crippen LogP contribution in [0.2, 0.25) is 0 Å². The Morgan fingerprint density at radius 3 is 2.40 bits per heavy atom. The predicted molar refractivity (Wildman–Crippen MR) is 133 cm³/mol. The van der Waals surface area contributed by atoms with Crippen molar-refractivity contribution in [2.24, 2.45) is 0 Å². The van der Waals surface area contributed by atoms with Gasteiger partial charge in [0.05, 0.1) is 10.9 Å². The summed E-state index contributed by atoms with van der Waals surface area (Å²) in [4.78, 5) is 4.51. The fourth-order valence-electron chi connectivity index (χ4n) is 4.23. The van der Waals surface area contributed by atoms with Crippen molar-refractivity contribution in [1.29, 1.82) is 5.26 Å². The summed E-state index contributed by atoms with van der Waals surface area (Å²) in [6.07, 6.45) is 0.692. The quantitative estimate of drug-likeness (QED) is 0.407. The number of hydrogen-bond donors (Lipinski definition) is 1. The second-order valence-corrected chi connectivity index (χ2v) is 10.4. The van der Waals surface area contributed by atoms with Gasteiger partial charge < -0.3 is 9.73 Å². The lowest BCUT2D eigenvalue weighted by atomic mass is 10.0. The Morgan fingerprint density at radius 1 is 1.00 bits per heavy atom. The average molecular weight is 485 g/mol. The fraction of sp³-hybridized carbons (Fsp3) is 0.185. The van der Waals surface area contributed by atoms with Crippen molar-refractivity contribution < 1.29 is 12.8 Å². The van der Waals surface area contributed by atoms with Crippen molar-refractivity contribution in [3.63, 3.8) is 0 Å². The van der Waals surface area contributed by atoms with Gasteiger partial charge in [0.25, 0.3) is 0 Å². The van der Waals surface area contributed by atoms with Gasteiger partial charge in [0.2, 0.25) is 27.5 Å². The Kier molecular flexibility index (Phi) is 6.12. The number of nitrogens with one attached hydrogen (secondary N) is 1. The standard InChI is InChI=1S/C27H24N4O3S/c1-19(20-7-3-2-4-8-20)29-27-25(17-28)30-26(34-27)22-11-13-24(14-12-22)35(32,33)31-16-15-21-9-5-6-10-23(21)18-31/h2-14,19,29H,15-16,18H2,1H3/t19-/m0/s1. The topological polar surface area (TPSA) is 99.2 Å². The molecule has 0 spiro atoms. The van der Waals surface area contributed by atoms with Crippen molar-refractivity contribution in [1.82, 2.24) is 9.29 Å². The first kappa shape index (κ1) is 22.8. The minimum atomic E-state index is -3.64. The number of benzene rings is 3. The summed E-state index contributed by atoms with van der Waals surface area (Å²) in [6.45, 7) is 2.78. The van der Waals surface area contributed by atoms with E-state index in [4.69, 9.17) is 4.42 Å². The molecule has 0 saturated carbocycles. The molecule has 7 nitrogen and oxygen atoms in total. The number of anilines is 1. The molecule has 0 amide bonds. The third-order valence-corrected chi connectivity index (χ3v) is 8.07. The summed E-state index contributed by atoms with van der Waals surface area (Å²) in [5.74, 6) is 0.530. The number of rotatable bonds is 6. The summed E-state index contributed by atoms with van der Waals surface area (Å²) in [5, 5.41) is 12.7. The van der Waals surface area contributed by atoms with E-state index in [2.05, 4.69) is 16.4 Å². The maximum Gasteiger partial charge on any atom is 0.243 e. The van der Waals surface area contributed by atoms with Crippen LogP contribution in [0.4, 0.5) is 5.88 Å². The highest BCUT2D eigenvalue weighted by molar-refractivity contribution is 7.89. The first-order chi connectivity index (χ1) is 17.0. The highest BCUT2D eigenvalue weighted by Crippen LogP contribution is 2.30. The molecular formula is C27H24N4O3S. The van der Waals surface area contributed by atoms with Gasteiger partial charge in [0.1, 0.15) is 6.07 Å². The molecule has 1 N–H and O–H groups in total. The second kappa shape index (κ2) is 9.37. The van der Waals surface area contributed by atoms with E-state index in [1.54, 1.807) is 24.3 Å². The third-order valence-electron chi connectivity index (χ3n) is 6.21. The number of sulfonamides is 1. The molecule has 2 heterocycles. The van der Waals surface area contributed by atoms with Crippen molar-refractivity contribution in [2.45, 2.75) is 30.8 Å². The largest absolute Gasteiger partial charge is 0.419 e. The van der Waals surface area contributed by atoms with Crippen LogP contribution in [-0.2, 0) is 23.0 Å². The van der Waals surface area contributed by atoms with Gasteiger partial charge in [-0.15, -0.1) is 0 Å². The lowest BCUT2D eigenvalue weighted by molar-refractivity contribution is 0.391. The zero-order valence-electron chi connectivity index (χ0n) is 19.2. The molecule has 176 valence electrons. The summed E-state index contributed by atoms with van der Waals surface area (Å²) in [5.41, 5.74) is 4.01. The van der Waals surface area contributed by atoms with Gasteiger partial charge in [0.15, 0.2) is 0 Å². The molecule has 0 radical (unpaired) electrons. The molecular weight excluding hydrogens is 460 g/mol. The zero-order valence-corrected chi connectivity index (χ0v) is 20.0. The van der Waals surface area contributed by atoms with E-state index >= 15 is 0 Å². The van der Waals surface area contributed by atoms with Crippen LogP contribution >= 0.6 is 0 Å². The maximum absolute atomic E-state index is 13.2. The minimum Gasteiger partial charge on any atom is -0.419 e. The van der Waals surface area contributed by atoms with E-state index in [0.29, 0.717) is 25.1 Å². The van der Waals surface area contributed by atoms with E-state index in [-0.39, 0.29) is 28.4 Å². The third kappa shape index (κ3) is 4.56. The number of aromatic nitrogens is 1. The van der Waals surface area contributed by atoms with Crippen LogP contribution < -0.4 is 5.32 Å². The zero-order chi connectivity index (χ0) is 24.4. The van der Waals surface area contributed by atoms with Gasteiger partial charge in [-0.05, 0) is 54.3 Å². The summed E-state index contributed by atoms with van der Waals surface area (Å²) in [7, 11) is -3.64. The molecule has 0 unspecified atom stereocenters. The predicted octanol–water partition coefficient (Wildman–Crippen LogP) is 5.13. The van der Waals surface area contributed by atoms with Crippen LogP contribution in [0.1, 0.15) is 35.3 Å². The SMILES string of the molecule is C[C@H](Nc1oc(-c2ccc(S(=O)(=O)N3CCc4ccccc4C3)cc2)nc1C#N)c1ccccc1. The van der Waals surface area contributed by atoms with Gasteiger partial charge >= 0.3 is 0 Å². The number of hydrogen-bond acceptors (Lipinski definition) is 6. The maximum atomic E-state index is 13.2. The first-order valence-electron chi connectivity index (χ1n) is 11.4. The molecule has 8 heteroatoms. The molecule has 4 aromatic rings. The molecule has 5 rings (SSSR count). The Labute approximate surface area is 204 Å². The van der Waals surface area contributed by atoms with Crippen LogP contribution in [0.5, 0.6) is 0 Å². The number of nitrogens with zero attached hydrogens (tertiary/aromatic N) is 3. The molecule has 0 fully saturated rings. The Hall–Kier alpha value is -3.93. The van der Waals surface area contributed by atoms with E-state index in [1.165, 1.54) is 9.87 Å². The molecule has 0 aliphatic carbocycles. The summed E-state index contributed by atoms with van der Waals surface area (Å²) < 4.78 is 33.8. The van der Waals surface area contributed by atoms with Gasteiger partial charge in [-0.25, -0.2) is 8.42 Å². The normalized spacial score (nSPS) is 14.6. The van der Waals surface area contributed by atoms with E-state index in [0.717, 1.165) is 11.1 Å². The van der Waals surface area contributed by atoms with E-state index in [9.17, 15) is 13.7 Å². The smallest absolute Gasteiger partial charge is 0.243 e. The lowest BCUT2D eigenvalue weighted by Gasteiger charge is -2.28. The molecule has 0 saturated heterocycles. The van der Waals surface area contributed by atoms with Gasteiger partial charge in [-0.2, -0.15) is 14.6 Å². The minimum absolute atomic E-state index is 0.0914. The molecule has 1 aliphatic rings. The van der Waals surface area contributed by atoms with Crippen LogP contribution in [0, 0.1) is 11.3 Å². The molecule has 1 aliphatic heterocycles. The monoisotopic (exact) mass is 484 g/mol. The van der Waals surface area contributed by atoms with Gasteiger partial charge in [0, 0.05) is 18.7 Å². The van der Waals surface area contributed by atoms with Crippen molar-refractivity contribution in [3.05, 3.63) is 101 Å². The Morgan fingerprint density at radius 2 is 1.69 bits per heavy atom. The Bertz CT molecular complexity index is 1490.